The number of halogens is 4. The lowest BCUT2D eigenvalue weighted by Crippen LogP contribution is -2.01. The lowest BCUT2D eigenvalue weighted by molar-refractivity contribution is 0.404. The molecule has 464 valence electrons. The minimum absolute atomic E-state index is 0.166. The van der Waals surface area contributed by atoms with Crippen LogP contribution in [0.3, 0.4) is 0 Å². The summed E-state index contributed by atoms with van der Waals surface area (Å²) in [7, 11) is 6.51. The zero-order valence-corrected chi connectivity index (χ0v) is 53.1. The van der Waals surface area contributed by atoms with Gasteiger partial charge in [0, 0.05) is 61.3 Å². The first-order valence-corrected chi connectivity index (χ1v) is 29.0. The van der Waals surface area contributed by atoms with Gasteiger partial charge in [-0.1, -0.05) is 75.5 Å². The summed E-state index contributed by atoms with van der Waals surface area (Å²) in [5.41, 5.74) is 42.3. The Kier molecular flexibility index (Phi) is 25.1. The molecule has 0 saturated heterocycles. The summed E-state index contributed by atoms with van der Waals surface area (Å²) in [6, 6.07) is 35.1. The van der Waals surface area contributed by atoms with Crippen molar-refractivity contribution in [3.05, 3.63) is 183 Å². The highest BCUT2D eigenvalue weighted by Crippen LogP contribution is 2.35. The SMILES string of the molecule is CCc1cc(-c2cc(C)ccc2OC)nc(N)n1.CCc1cc(-c2cc(Cl)ccc2OC)nc(N)n1.CCc1cc(-c2cc(F)ccc2C)nc(N)n1.CCc1cc(-c2cc(F)ccc2Cl)nc(N)n1.CCc1cc(-c2cc(OC)ccc2OC)nc(N)n1. The zero-order valence-electron chi connectivity index (χ0n) is 51.6. The molecule has 10 N–H and O–H groups in total. The van der Waals surface area contributed by atoms with E-state index in [1.54, 1.807) is 46.6 Å². The lowest BCUT2D eigenvalue weighted by Gasteiger charge is -2.11. The number of ether oxygens (including phenoxy) is 4. The molecule has 0 amide bonds. The zero-order chi connectivity index (χ0) is 64.9. The summed E-state index contributed by atoms with van der Waals surface area (Å²) < 4.78 is 47.7. The predicted molar refractivity (Wildman–Crippen MR) is 352 cm³/mol. The average Bonchev–Trinajstić information content (AvgIpc) is 1.78. The van der Waals surface area contributed by atoms with E-state index in [2.05, 4.69) is 49.8 Å². The van der Waals surface area contributed by atoms with Gasteiger partial charge in [-0.05, 0) is 161 Å². The van der Waals surface area contributed by atoms with Gasteiger partial charge in [-0.15, -0.1) is 0 Å². The minimum Gasteiger partial charge on any atom is -0.497 e. The molecule has 23 heteroatoms. The molecule has 0 bridgehead atoms. The maximum atomic E-state index is 13.2. The summed E-state index contributed by atoms with van der Waals surface area (Å²) in [6.07, 6.45) is 3.92. The smallest absolute Gasteiger partial charge is 0.220 e. The molecule has 0 unspecified atom stereocenters. The van der Waals surface area contributed by atoms with Crippen molar-refractivity contribution < 1.29 is 27.7 Å². The van der Waals surface area contributed by atoms with E-state index < -0.39 is 0 Å². The van der Waals surface area contributed by atoms with Gasteiger partial charge < -0.3 is 47.6 Å². The highest BCUT2D eigenvalue weighted by atomic mass is 35.5. The molecule has 0 radical (unpaired) electrons. The van der Waals surface area contributed by atoms with Gasteiger partial charge >= 0.3 is 0 Å². The number of rotatable bonds is 14. The lowest BCUT2D eigenvalue weighted by atomic mass is 10.0. The number of aromatic nitrogens is 10. The Balaban J connectivity index is 0.000000177. The molecule has 10 aromatic rings. The second-order valence-electron chi connectivity index (χ2n) is 19.5. The van der Waals surface area contributed by atoms with E-state index in [0.717, 1.165) is 128 Å². The van der Waals surface area contributed by atoms with Gasteiger partial charge in [0.1, 0.15) is 34.6 Å². The second-order valence-corrected chi connectivity index (χ2v) is 20.3. The molecule has 0 atom stereocenters. The molecule has 0 saturated carbocycles. The van der Waals surface area contributed by atoms with Crippen molar-refractivity contribution in [1.82, 2.24) is 49.8 Å². The summed E-state index contributed by atoms with van der Waals surface area (Å²) >= 11 is 12.0. The van der Waals surface area contributed by atoms with Crippen LogP contribution < -0.4 is 47.6 Å². The van der Waals surface area contributed by atoms with Crippen LogP contribution in [0.15, 0.2) is 121 Å². The molecule has 5 heterocycles. The van der Waals surface area contributed by atoms with Crippen LogP contribution in [0, 0.1) is 25.5 Å². The molecule has 0 spiro atoms. The van der Waals surface area contributed by atoms with Crippen molar-refractivity contribution in [3.8, 4) is 79.3 Å². The van der Waals surface area contributed by atoms with E-state index in [4.69, 9.17) is 70.8 Å². The topological polar surface area (TPSA) is 296 Å². The van der Waals surface area contributed by atoms with Crippen molar-refractivity contribution >= 4 is 52.9 Å². The van der Waals surface area contributed by atoms with Gasteiger partial charge in [0.2, 0.25) is 29.7 Å². The number of aryl methyl sites for hydroxylation is 7. The van der Waals surface area contributed by atoms with Crippen LogP contribution in [-0.2, 0) is 32.1 Å². The Morgan fingerprint density at radius 2 is 0.685 bits per heavy atom. The normalized spacial score (nSPS) is 10.4. The van der Waals surface area contributed by atoms with Crippen LogP contribution in [0.2, 0.25) is 10.0 Å². The molecular formula is C66H73Cl2F2N15O4. The van der Waals surface area contributed by atoms with Crippen LogP contribution in [0.4, 0.5) is 38.5 Å². The standard InChI is InChI=1S/C14H17N3O2.C14H17N3O.C13H14ClN3O.C13H14FN3.C12H11ClFN3/c1-4-9-7-12(17-14(15)16-9)11-8-10(18-2)5-6-13(11)19-3;1-4-10-8-12(17-14(15)16-10)11-7-9(2)5-6-13(11)18-3;1-3-9-7-11(17-13(15)16-9)10-6-8(14)4-5-12(10)18-2;1-3-10-7-12(17-13(15)16-10)11-6-9(14)5-4-8(11)2;1-2-8-6-11(17-12(15)16-8)9-5-7(14)3-4-10(9)13/h5-8H,4H2,1-3H3,(H2,15,16,17);5-8H,4H2,1-3H3,(H2,15,16,17);4-7H,3H2,1-2H3,(H2,15,16,17);4-7H,3H2,1-2H3,(H2,15,16,17);3-6H,2H2,1H3,(H2,15,16,17). The Morgan fingerprint density at radius 3 is 1.08 bits per heavy atom. The third-order valence-electron chi connectivity index (χ3n) is 13.2. The van der Waals surface area contributed by atoms with Crippen molar-refractivity contribution in [2.24, 2.45) is 0 Å². The molecule has 0 aliphatic carbocycles. The van der Waals surface area contributed by atoms with E-state index in [0.29, 0.717) is 38.7 Å². The largest absolute Gasteiger partial charge is 0.497 e. The number of nitrogens with zero attached hydrogens (tertiary/aromatic N) is 10. The third kappa shape index (κ3) is 19.3. The van der Waals surface area contributed by atoms with Gasteiger partial charge in [-0.25, -0.2) is 58.6 Å². The number of benzene rings is 5. The number of methoxy groups -OCH3 is 4. The van der Waals surface area contributed by atoms with E-state index in [1.165, 1.54) is 30.3 Å². The van der Waals surface area contributed by atoms with Gasteiger partial charge in [-0.3, -0.25) is 0 Å². The number of anilines is 5. The molecule has 0 aliphatic heterocycles. The molecule has 19 nitrogen and oxygen atoms in total. The van der Waals surface area contributed by atoms with Crippen LogP contribution >= 0.6 is 23.2 Å². The first kappa shape index (κ1) is 68.3. The van der Waals surface area contributed by atoms with Crippen molar-refractivity contribution in [1.29, 1.82) is 0 Å². The van der Waals surface area contributed by atoms with Crippen LogP contribution in [0.5, 0.6) is 23.0 Å². The highest BCUT2D eigenvalue weighted by Gasteiger charge is 2.15. The summed E-state index contributed by atoms with van der Waals surface area (Å²) in [5.74, 6) is 3.54. The van der Waals surface area contributed by atoms with Crippen LogP contribution in [0.1, 0.15) is 74.2 Å². The first-order valence-electron chi connectivity index (χ1n) is 28.3. The van der Waals surface area contributed by atoms with Crippen molar-refractivity contribution in [3.63, 3.8) is 0 Å². The monoisotopic (exact) mass is 1250 g/mol. The highest BCUT2D eigenvalue weighted by molar-refractivity contribution is 6.33. The first-order chi connectivity index (χ1) is 42.6. The van der Waals surface area contributed by atoms with Gasteiger partial charge in [0.25, 0.3) is 0 Å². The second kappa shape index (κ2) is 32.8. The molecule has 0 aliphatic rings. The Morgan fingerprint density at radius 1 is 0.348 bits per heavy atom. The third-order valence-corrected chi connectivity index (χ3v) is 13.8. The summed E-state index contributed by atoms with van der Waals surface area (Å²) in [5, 5.41) is 1.06. The Labute approximate surface area is 527 Å². The summed E-state index contributed by atoms with van der Waals surface area (Å²) in [4.78, 5) is 41.7. The van der Waals surface area contributed by atoms with Crippen molar-refractivity contribution in [2.75, 3.05) is 57.1 Å². The molecule has 5 aromatic heterocycles. The van der Waals surface area contributed by atoms with E-state index in [9.17, 15) is 8.78 Å². The van der Waals surface area contributed by atoms with Gasteiger partial charge in [0.15, 0.2) is 0 Å². The molecule has 0 fully saturated rings. The van der Waals surface area contributed by atoms with E-state index >= 15 is 0 Å². The molecule has 89 heavy (non-hydrogen) atoms. The fourth-order valence-electron chi connectivity index (χ4n) is 8.67. The summed E-state index contributed by atoms with van der Waals surface area (Å²) in [6.45, 7) is 14.0. The fourth-order valence-corrected chi connectivity index (χ4v) is 9.05. The van der Waals surface area contributed by atoms with Crippen LogP contribution in [0.25, 0.3) is 56.3 Å². The maximum absolute atomic E-state index is 13.2. The van der Waals surface area contributed by atoms with Gasteiger partial charge in [-0.2, -0.15) is 0 Å². The molecule has 10 rings (SSSR count). The average molecular weight is 1250 g/mol. The fraction of sp³-hybridized carbons (Fsp3) is 0.242. The molecular weight excluding hydrogens is 1180 g/mol. The number of hydrogen-bond acceptors (Lipinski definition) is 19. The predicted octanol–water partition coefficient (Wildman–Crippen LogP) is 13.7. The Hall–Kier alpha value is -9.86. The van der Waals surface area contributed by atoms with Crippen LogP contribution in [-0.4, -0.2) is 78.3 Å². The van der Waals surface area contributed by atoms with E-state index in [1.807, 2.05) is 121 Å². The maximum Gasteiger partial charge on any atom is 0.220 e. The number of nitrogens with two attached hydrogens (primary N) is 5. The number of hydrogen-bond donors (Lipinski definition) is 5. The van der Waals surface area contributed by atoms with Crippen molar-refractivity contribution in [2.45, 2.75) is 80.6 Å². The number of nitrogen functional groups attached to an aromatic ring is 5. The quantitative estimate of drug-likeness (QED) is 0.0676. The van der Waals surface area contributed by atoms with E-state index in [-0.39, 0.29) is 35.4 Å². The van der Waals surface area contributed by atoms with Gasteiger partial charge in [0.05, 0.1) is 61.9 Å². The Bertz CT molecular complexity index is 3830. The minimum atomic E-state index is -0.361. The molecule has 5 aromatic carbocycles.